The number of nitrogens with two attached hydrogens (primary N) is 1. The van der Waals surface area contributed by atoms with Gasteiger partial charge in [0, 0.05) is 74.5 Å². The number of hydrogen-bond donors (Lipinski definition) is 7. The Morgan fingerprint density at radius 2 is 1.16 bits per heavy atom. The van der Waals surface area contributed by atoms with Gasteiger partial charge in [-0.1, -0.05) is 37.1 Å². The third kappa shape index (κ3) is 27.4. The molecule has 0 aromatic heterocycles. The SMILES string of the molecule is COc1cc2c(cc1OCCCCCOc1cc3c(cc1OC)C(=O)N1C=C(C)CC1C(O)N3C(=O)OCc1ccc(NC(=O)C(C)NC(=O)C(NC(=O)CCOCCOCCOCCOCCOCCOCCOCCOCCNC(=O)CCN3C(=O)CC(SCC(N)C(=O)O)C3=O)C(C)C)cc1)N=CC1CC(C)=CN1C2=O. The third-order valence-electron chi connectivity index (χ3n) is 18.6. The van der Waals surface area contributed by atoms with Gasteiger partial charge in [-0.2, -0.15) is 0 Å². The zero-order valence-corrected chi connectivity index (χ0v) is 66.5. The summed E-state index contributed by atoms with van der Waals surface area (Å²) in [5, 5.41) is 31.0. The molecule has 7 unspecified atom stereocenters. The lowest BCUT2D eigenvalue weighted by Crippen LogP contribution is -2.53. The van der Waals surface area contributed by atoms with Gasteiger partial charge < -0.3 is 109 Å². The van der Waals surface area contributed by atoms with Crippen molar-refractivity contribution in [2.75, 3.05) is 162 Å². The second-order valence-corrected chi connectivity index (χ2v) is 28.9. The van der Waals surface area contributed by atoms with E-state index < -0.39 is 83.2 Å². The van der Waals surface area contributed by atoms with Crippen molar-refractivity contribution in [2.45, 2.75) is 134 Å². The number of thioether (sulfide) groups is 1. The summed E-state index contributed by atoms with van der Waals surface area (Å²) in [5.41, 5.74) is 9.37. The zero-order chi connectivity index (χ0) is 82.1. The number of carbonyl (C=O) groups is 10. The molecule has 9 amide bonds. The first-order valence-electron chi connectivity index (χ1n) is 38.2. The summed E-state index contributed by atoms with van der Waals surface area (Å²) in [7, 11) is 2.96. The Morgan fingerprint density at radius 3 is 1.74 bits per heavy atom. The van der Waals surface area contributed by atoms with Crippen molar-refractivity contribution < 1.29 is 120 Å². The summed E-state index contributed by atoms with van der Waals surface area (Å²) in [6.45, 7) is 14.4. The molecule has 0 spiro atoms. The van der Waals surface area contributed by atoms with Crippen molar-refractivity contribution in [3.8, 4) is 23.0 Å². The van der Waals surface area contributed by atoms with Gasteiger partial charge in [0.15, 0.2) is 29.2 Å². The molecule has 0 radical (unpaired) electrons. The molecule has 7 atom stereocenters. The Hall–Kier alpha value is -9.34. The number of nitrogens with zero attached hydrogens (tertiary/aromatic N) is 5. The first kappa shape index (κ1) is 90.2. The second-order valence-electron chi connectivity index (χ2n) is 27.6. The average Bonchev–Trinajstić information content (AvgIpc) is 1.71. The minimum Gasteiger partial charge on any atom is -0.493 e. The molecule has 3 aromatic rings. The molecule has 36 heteroatoms. The Labute approximate surface area is 666 Å². The van der Waals surface area contributed by atoms with Crippen LogP contribution in [0.2, 0.25) is 0 Å². The lowest BCUT2D eigenvalue weighted by Gasteiger charge is -2.31. The third-order valence-corrected chi connectivity index (χ3v) is 19.9. The lowest BCUT2D eigenvalue weighted by molar-refractivity contribution is -0.139. The molecule has 1 saturated heterocycles. The number of benzene rings is 3. The molecule has 8 N–H and O–H groups in total. The van der Waals surface area contributed by atoms with E-state index in [0.717, 1.165) is 39.1 Å². The van der Waals surface area contributed by atoms with Gasteiger partial charge in [-0.3, -0.25) is 53.0 Å². The number of aliphatic carboxylic acids is 1. The second kappa shape index (κ2) is 46.9. The van der Waals surface area contributed by atoms with Crippen molar-refractivity contribution in [3.05, 3.63) is 88.8 Å². The zero-order valence-electron chi connectivity index (χ0n) is 65.7. The molecule has 5 heterocycles. The number of anilines is 2. The van der Waals surface area contributed by atoms with E-state index in [1.54, 1.807) is 67.6 Å². The van der Waals surface area contributed by atoms with Crippen molar-refractivity contribution in [3.63, 3.8) is 0 Å². The molecule has 0 saturated carbocycles. The molecule has 5 aliphatic heterocycles. The number of aliphatic hydroxyl groups is 1. The van der Waals surface area contributed by atoms with Crippen LogP contribution in [0.25, 0.3) is 0 Å². The van der Waals surface area contributed by atoms with Gasteiger partial charge in [-0.25, -0.2) is 9.69 Å². The number of carboxylic acids is 1. The number of fused-ring (bicyclic) bond motifs is 4. The van der Waals surface area contributed by atoms with Crippen LogP contribution in [0.4, 0.5) is 21.9 Å². The summed E-state index contributed by atoms with van der Waals surface area (Å²) < 4.78 is 73.6. The molecular weight excluding hydrogens is 1510 g/mol. The van der Waals surface area contributed by atoms with Crippen LogP contribution < -0.4 is 50.8 Å². The molecule has 3 aromatic carbocycles. The Morgan fingerprint density at radius 1 is 0.614 bits per heavy atom. The molecule has 0 aliphatic carbocycles. The van der Waals surface area contributed by atoms with Gasteiger partial charge in [0.05, 0.1) is 173 Å². The van der Waals surface area contributed by atoms with Crippen LogP contribution in [0, 0.1) is 5.92 Å². The monoisotopic (exact) mass is 1620 g/mol. The smallest absolute Gasteiger partial charge is 0.416 e. The topological polar surface area (TPSA) is 431 Å². The van der Waals surface area contributed by atoms with E-state index in [9.17, 15) is 53.1 Å². The molecule has 1 fully saturated rings. The Kier molecular flexibility index (Phi) is 37.1. The molecular formula is C78H108N10O25S. The van der Waals surface area contributed by atoms with Gasteiger partial charge in [-0.15, -0.1) is 11.8 Å². The fraction of sp³-hybridized carbons (Fsp3) is 0.577. The summed E-state index contributed by atoms with van der Waals surface area (Å²) >= 11 is 1.02. The standard InChI is InChI=1S/C78H108N10O25S/c1-49(2)70(84-68(90)16-21-103-23-25-105-27-29-107-31-33-109-35-36-110-34-32-108-30-28-106-26-24-104-22-17-80-67(89)15-18-85-69(91)43-66(76(85)97)114-48-58(79)77(98)99)72(93)82-52(5)71(92)83-54-13-11-53(12-14-54)47-113-78(100)88-60-42-65(63(102-7)40-57(60)74(95)87-46-51(4)38-61(87)75(88)96)112-20-10-8-9-19-111-64-41-59-56(39-62(64)101-6)73(94)86-45-50(3)37-55(86)44-81-59/h11-14,39-42,44-46,49,52,55,58,61,66,70,75,96H,8-10,15-38,43,47-48,79H2,1-7H3,(H,80,89)(H,82,93)(H,83,92)(H,84,90)(H,98,99). The summed E-state index contributed by atoms with van der Waals surface area (Å²) in [6.07, 6.45) is 5.60. The van der Waals surface area contributed by atoms with E-state index in [0.29, 0.717) is 146 Å². The summed E-state index contributed by atoms with van der Waals surface area (Å²) in [4.78, 5) is 139. The Balaban J connectivity index is 0.626. The highest BCUT2D eigenvalue weighted by molar-refractivity contribution is 8.00. The summed E-state index contributed by atoms with van der Waals surface area (Å²) in [5.74, 6) is -3.51. The van der Waals surface area contributed by atoms with Gasteiger partial charge >= 0.3 is 12.1 Å². The van der Waals surface area contributed by atoms with E-state index in [4.69, 9.17) is 72.4 Å². The number of unbranched alkanes of at least 4 members (excludes halogenated alkanes) is 2. The quantitative estimate of drug-likeness (QED) is 0.0299. The number of imide groups is 1. The van der Waals surface area contributed by atoms with E-state index in [2.05, 4.69) is 26.3 Å². The van der Waals surface area contributed by atoms with Crippen molar-refractivity contribution in [1.29, 1.82) is 0 Å². The van der Waals surface area contributed by atoms with Crippen LogP contribution in [-0.2, 0) is 82.8 Å². The number of likely N-dealkylation sites (tertiary alicyclic amines) is 1. The van der Waals surface area contributed by atoms with E-state index in [1.807, 2.05) is 20.0 Å². The number of nitrogens with one attached hydrogen (secondary N) is 4. The maximum absolute atomic E-state index is 14.3. The predicted octanol–water partition coefficient (Wildman–Crippen LogP) is 4.65. The van der Waals surface area contributed by atoms with E-state index in [-0.39, 0.29) is 124 Å². The van der Waals surface area contributed by atoms with Gasteiger partial charge in [0.1, 0.15) is 24.7 Å². The van der Waals surface area contributed by atoms with Crippen molar-refractivity contribution in [2.24, 2.45) is 16.6 Å². The number of ether oxygens (including phenoxy) is 13. The van der Waals surface area contributed by atoms with E-state index >= 15 is 0 Å². The van der Waals surface area contributed by atoms with Gasteiger partial charge in [-0.05, 0) is 88.6 Å². The van der Waals surface area contributed by atoms with Gasteiger partial charge in [0.25, 0.3) is 11.8 Å². The highest BCUT2D eigenvalue weighted by Gasteiger charge is 2.46. The van der Waals surface area contributed by atoms with Crippen LogP contribution in [-0.4, -0.2) is 284 Å². The average molecular weight is 1620 g/mol. The number of carbonyl (C=O) groups excluding carboxylic acids is 9. The lowest BCUT2D eigenvalue weighted by atomic mass is 10.0. The van der Waals surface area contributed by atoms with Crippen molar-refractivity contribution >= 4 is 94.4 Å². The molecule has 35 nitrogen and oxygen atoms in total. The number of carboxylic acid groups (broad SMARTS) is 1. The number of amides is 9. The first-order chi connectivity index (χ1) is 55.0. The molecule has 626 valence electrons. The maximum Gasteiger partial charge on any atom is 0.416 e. The molecule has 8 rings (SSSR count). The Bertz CT molecular complexity index is 3850. The highest BCUT2D eigenvalue weighted by Crippen LogP contribution is 2.43. The highest BCUT2D eigenvalue weighted by atomic mass is 32.2. The molecule has 114 heavy (non-hydrogen) atoms. The number of methoxy groups -OCH3 is 2. The minimum absolute atomic E-state index is 0.00805. The summed E-state index contributed by atoms with van der Waals surface area (Å²) in [6, 6.07) is 8.74. The largest absolute Gasteiger partial charge is 0.493 e. The first-order valence-corrected chi connectivity index (χ1v) is 39.2. The fourth-order valence-electron chi connectivity index (χ4n) is 12.4. The van der Waals surface area contributed by atoms with Crippen LogP contribution in [0.15, 0.2) is 77.1 Å². The molecule has 5 aliphatic rings. The molecule has 0 bridgehead atoms. The number of rotatable bonds is 52. The van der Waals surface area contributed by atoms with Crippen LogP contribution in [0.3, 0.4) is 0 Å². The van der Waals surface area contributed by atoms with E-state index in [1.165, 1.54) is 38.2 Å². The van der Waals surface area contributed by atoms with Gasteiger partial charge in [0.2, 0.25) is 35.4 Å². The maximum atomic E-state index is 14.3. The van der Waals surface area contributed by atoms with Crippen LogP contribution in [0.1, 0.15) is 112 Å². The fourth-order valence-corrected chi connectivity index (χ4v) is 13.5. The number of hydrogen-bond acceptors (Lipinski definition) is 27. The number of aliphatic imine (C=N–C) groups is 1. The predicted molar refractivity (Wildman–Crippen MR) is 416 cm³/mol. The van der Waals surface area contributed by atoms with Crippen LogP contribution in [0.5, 0.6) is 23.0 Å². The number of aliphatic hydroxyl groups excluding tert-OH is 1. The van der Waals surface area contributed by atoms with Crippen molar-refractivity contribution in [1.82, 2.24) is 30.7 Å². The normalized spacial score (nSPS) is 17.7. The minimum atomic E-state index is -1.53. The van der Waals surface area contributed by atoms with Crippen LogP contribution >= 0.6 is 11.8 Å².